The zero-order chi connectivity index (χ0) is 28.7. The number of halogens is 4. The van der Waals surface area contributed by atoms with Gasteiger partial charge in [0.2, 0.25) is 6.35 Å². The summed E-state index contributed by atoms with van der Waals surface area (Å²) in [5.41, 5.74) is 1.43. The number of aromatic nitrogens is 2. The summed E-state index contributed by atoms with van der Waals surface area (Å²) in [6.45, 7) is 1.61. The molecule has 0 aliphatic rings. The van der Waals surface area contributed by atoms with Crippen molar-refractivity contribution in [3.05, 3.63) is 83.3 Å². The number of aliphatic hydroxyl groups is 1. The summed E-state index contributed by atoms with van der Waals surface area (Å²) < 4.78 is 51.5. The van der Waals surface area contributed by atoms with Crippen molar-refractivity contribution in [1.82, 2.24) is 14.9 Å². The van der Waals surface area contributed by atoms with E-state index in [1.54, 1.807) is 56.0 Å². The summed E-state index contributed by atoms with van der Waals surface area (Å²) in [5, 5.41) is 18.8. The first-order valence-electron chi connectivity index (χ1n) is 12.2. The summed E-state index contributed by atoms with van der Waals surface area (Å²) in [5.74, 6) is -0.256. The number of aliphatic hydroxyl groups excluding tert-OH is 1. The Labute approximate surface area is 232 Å². The van der Waals surface area contributed by atoms with Gasteiger partial charge in [0, 0.05) is 48.5 Å². The Kier molecular flexibility index (Phi) is 9.48. The van der Waals surface area contributed by atoms with Crippen molar-refractivity contribution in [3.63, 3.8) is 0 Å². The van der Waals surface area contributed by atoms with Crippen molar-refractivity contribution in [3.8, 4) is 5.69 Å². The molecule has 2 aromatic carbocycles. The minimum Gasteiger partial charge on any atom is -0.382 e. The fraction of sp³-hybridized carbons (Fsp3) is 0.259. The minimum absolute atomic E-state index is 0.0343. The van der Waals surface area contributed by atoms with Crippen LogP contribution in [0, 0.1) is 0 Å². The average molecular weight is 578 g/mol. The molecule has 4 aromatic rings. The Balaban J connectivity index is 1.44. The lowest BCUT2D eigenvalue weighted by molar-refractivity contribution is -0.137. The van der Waals surface area contributed by atoms with Crippen LogP contribution >= 0.6 is 11.6 Å². The van der Waals surface area contributed by atoms with Gasteiger partial charge in [-0.05, 0) is 48.5 Å². The summed E-state index contributed by atoms with van der Waals surface area (Å²) in [6, 6.07) is 11.9. The number of nitrogens with zero attached hydrogens (tertiary/aromatic N) is 2. The van der Waals surface area contributed by atoms with E-state index in [0.29, 0.717) is 37.6 Å². The topological polar surface area (TPSA) is 110 Å². The van der Waals surface area contributed by atoms with Crippen molar-refractivity contribution in [2.45, 2.75) is 12.5 Å². The summed E-state index contributed by atoms with van der Waals surface area (Å²) >= 11 is 5.65. The molecule has 0 radical (unpaired) electrons. The fourth-order valence-corrected chi connectivity index (χ4v) is 4.17. The smallest absolute Gasteiger partial charge is 0.382 e. The number of carbonyl (C=O) groups is 1. The first-order valence-corrected chi connectivity index (χ1v) is 12.5. The summed E-state index contributed by atoms with van der Waals surface area (Å²) in [7, 11) is 1.59. The number of ether oxygens (including phenoxy) is 2. The van der Waals surface area contributed by atoms with Crippen molar-refractivity contribution in [2.75, 3.05) is 44.1 Å². The minimum atomic E-state index is -4.62. The number of fused-ring (bicyclic) bond motifs is 1. The van der Waals surface area contributed by atoms with Crippen LogP contribution < -0.4 is 16.0 Å². The maximum Gasteiger partial charge on any atom is 0.417 e. The second-order valence-corrected chi connectivity index (χ2v) is 9.00. The zero-order valence-corrected chi connectivity index (χ0v) is 22.1. The largest absolute Gasteiger partial charge is 0.417 e. The zero-order valence-electron chi connectivity index (χ0n) is 21.3. The molecule has 0 saturated carbocycles. The number of hydrogen-bond donors (Lipinski definition) is 4. The van der Waals surface area contributed by atoms with Gasteiger partial charge in [0.1, 0.15) is 0 Å². The molecule has 2 aromatic heterocycles. The third-order valence-corrected chi connectivity index (χ3v) is 6.17. The summed E-state index contributed by atoms with van der Waals surface area (Å²) in [6.07, 6.45) is -1.04. The van der Waals surface area contributed by atoms with Crippen LogP contribution in [-0.4, -0.2) is 60.4 Å². The molecule has 212 valence electrons. The van der Waals surface area contributed by atoms with Gasteiger partial charge in [0.15, 0.2) is 0 Å². The maximum absolute atomic E-state index is 13.1. The highest BCUT2D eigenvalue weighted by Gasteiger charge is 2.33. The highest BCUT2D eigenvalue weighted by molar-refractivity contribution is 6.31. The van der Waals surface area contributed by atoms with Crippen LogP contribution in [0.1, 0.15) is 15.9 Å². The molecule has 1 atom stereocenters. The Morgan fingerprint density at radius 1 is 1.07 bits per heavy atom. The molecule has 1 amide bonds. The van der Waals surface area contributed by atoms with Crippen LogP contribution in [0.15, 0.2) is 67.1 Å². The second kappa shape index (κ2) is 13.0. The lowest BCUT2D eigenvalue weighted by Gasteiger charge is -2.18. The number of hydrogen-bond acceptors (Lipinski definition) is 7. The molecule has 13 heteroatoms. The molecule has 0 saturated heterocycles. The van der Waals surface area contributed by atoms with E-state index in [0.717, 1.165) is 28.7 Å². The third kappa shape index (κ3) is 7.21. The molecule has 1 unspecified atom stereocenters. The number of rotatable bonds is 12. The van der Waals surface area contributed by atoms with Gasteiger partial charge in [-0.2, -0.15) is 13.2 Å². The standard InChI is InChI=1S/C27H27ClF3N5O4/c1-39-12-13-40-11-10-33-25(37)21-16-36(24-15-32-9-8-20(21)24)19-5-2-17(3-6-19)34-26(38)35-18-4-7-23(28)22(14-18)27(29,30)31/h2-9,14-16,26,34-35,38H,10-13H2,1H3,(H,33,37). The highest BCUT2D eigenvalue weighted by atomic mass is 35.5. The SMILES string of the molecule is COCCOCCNC(=O)c1cn(-c2ccc(NC(O)Nc3ccc(Cl)c(C(F)(F)F)c3)cc2)c2cnccc12. The predicted molar refractivity (Wildman–Crippen MR) is 146 cm³/mol. The van der Waals surface area contributed by atoms with E-state index in [4.69, 9.17) is 21.1 Å². The Hall–Kier alpha value is -3.84. The number of benzene rings is 2. The van der Waals surface area contributed by atoms with E-state index in [9.17, 15) is 23.1 Å². The Morgan fingerprint density at radius 3 is 2.52 bits per heavy atom. The lowest BCUT2D eigenvalue weighted by atomic mass is 10.2. The number of methoxy groups -OCH3 is 1. The third-order valence-electron chi connectivity index (χ3n) is 5.84. The summed E-state index contributed by atoms with van der Waals surface area (Å²) in [4.78, 5) is 17.1. The molecule has 0 bridgehead atoms. The quantitative estimate of drug-likeness (QED) is 0.140. The molecule has 4 rings (SSSR count). The average Bonchev–Trinajstić information content (AvgIpc) is 3.31. The van der Waals surface area contributed by atoms with Gasteiger partial charge < -0.3 is 35.1 Å². The van der Waals surface area contributed by atoms with Gasteiger partial charge in [0.05, 0.1) is 47.7 Å². The van der Waals surface area contributed by atoms with Gasteiger partial charge in [-0.1, -0.05) is 11.6 Å². The molecule has 9 nitrogen and oxygen atoms in total. The fourth-order valence-electron chi connectivity index (χ4n) is 3.95. The number of alkyl halides is 3. The van der Waals surface area contributed by atoms with Gasteiger partial charge in [-0.3, -0.25) is 9.78 Å². The van der Waals surface area contributed by atoms with Crippen molar-refractivity contribution >= 4 is 39.8 Å². The maximum atomic E-state index is 13.1. The van der Waals surface area contributed by atoms with Crippen LogP contribution in [0.2, 0.25) is 5.02 Å². The normalized spacial score (nSPS) is 12.3. The molecule has 4 N–H and O–H groups in total. The number of anilines is 2. The number of carbonyl (C=O) groups excluding carboxylic acids is 1. The monoisotopic (exact) mass is 577 g/mol. The van der Waals surface area contributed by atoms with Crippen molar-refractivity contribution in [2.24, 2.45) is 0 Å². The number of nitrogens with one attached hydrogen (secondary N) is 3. The Morgan fingerprint density at radius 2 is 1.80 bits per heavy atom. The molecular weight excluding hydrogens is 551 g/mol. The van der Waals surface area contributed by atoms with Crippen molar-refractivity contribution < 1.29 is 32.5 Å². The van der Waals surface area contributed by atoms with E-state index < -0.39 is 23.1 Å². The lowest BCUT2D eigenvalue weighted by Crippen LogP contribution is -2.28. The first kappa shape index (κ1) is 29.2. The van der Waals surface area contributed by atoms with E-state index in [1.807, 2.05) is 4.57 Å². The number of pyridine rings is 1. The molecule has 0 spiro atoms. The van der Waals surface area contributed by atoms with Crippen molar-refractivity contribution in [1.29, 1.82) is 0 Å². The van der Waals surface area contributed by atoms with E-state index in [2.05, 4.69) is 20.9 Å². The van der Waals surface area contributed by atoms with E-state index in [1.165, 1.54) is 6.07 Å². The molecule has 40 heavy (non-hydrogen) atoms. The van der Waals surface area contributed by atoms with Crippen LogP contribution in [-0.2, 0) is 15.7 Å². The first-order chi connectivity index (χ1) is 19.2. The van der Waals surface area contributed by atoms with Gasteiger partial charge >= 0.3 is 6.18 Å². The number of amides is 1. The van der Waals surface area contributed by atoms with E-state index >= 15 is 0 Å². The molecule has 2 heterocycles. The predicted octanol–water partition coefficient (Wildman–Crippen LogP) is 4.89. The van der Waals surface area contributed by atoms with Crippen LogP contribution in [0.25, 0.3) is 16.6 Å². The Bertz CT molecular complexity index is 1450. The molecule has 0 fully saturated rings. The molecule has 0 aliphatic carbocycles. The molecular formula is C27H27ClF3N5O4. The van der Waals surface area contributed by atoms with Gasteiger partial charge in [0.25, 0.3) is 5.91 Å². The van der Waals surface area contributed by atoms with Gasteiger partial charge in [-0.25, -0.2) is 0 Å². The van der Waals surface area contributed by atoms with E-state index in [-0.39, 0.29) is 11.6 Å². The highest BCUT2D eigenvalue weighted by Crippen LogP contribution is 2.36. The van der Waals surface area contributed by atoms with Crippen LogP contribution in [0.4, 0.5) is 24.5 Å². The molecule has 0 aliphatic heterocycles. The van der Waals surface area contributed by atoms with Crippen LogP contribution in [0.3, 0.4) is 0 Å². The van der Waals surface area contributed by atoms with Crippen LogP contribution in [0.5, 0.6) is 0 Å². The van der Waals surface area contributed by atoms with Gasteiger partial charge in [-0.15, -0.1) is 0 Å². The second-order valence-electron chi connectivity index (χ2n) is 8.60.